The van der Waals surface area contributed by atoms with Crippen LogP contribution in [0.4, 0.5) is 4.39 Å². The van der Waals surface area contributed by atoms with Crippen molar-refractivity contribution >= 4 is 11.9 Å². The summed E-state index contributed by atoms with van der Waals surface area (Å²) in [6.07, 6.45) is 2.23. The molecule has 1 aromatic rings. The van der Waals surface area contributed by atoms with Crippen molar-refractivity contribution in [3.8, 4) is 0 Å². The van der Waals surface area contributed by atoms with E-state index in [2.05, 4.69) is 0 Å². The van der Waals surface area contributed by atoms with E-state index in [0.29, 0.717) is 31.4 Å². The molecule has 0 saturated carbocycles. The van der Waals surface area contributed by atoms with E-state index in [1.165, 1.54) is 11.0 Å². The van der Waals surface area contributed by atoms with Gasteiger partial charge in [-0.05, 0) is 37.3 Å². The van der Waals surface area contributed by atoms with Crippen LogP contribution >= 0.6 is 0 Å². The van der Waals surface area contributed by atoms with Gasteiger partial charge in [0, 0.05) is 12.5 Å². The number of hydrogen-bond acceptors (Lipinski definition) is 2. The molecule has 1 aliphatic heterocycles. The molecule has 5 heteroatoms. The molecule has 0 spiro atoms. The highest BCUT2D eigenvalue weighted by Gasteiger charge is 2.35. The molecule has 1 saturated heterocycles. The Hall–Kier alpha value is -1.91. The molecule has 2 rings (SSSR count). The van der Waals surface area contributed by atoms with Gasteiger partial charge in [0.25, 0.3) is 0 Å². The van der Waals surface area contributed by atoms with Gasteiger partial charge in [0.2, 0.25) is 5.91 Å². The zero-order valence-electron chi connectivity index (χ0n) is 12.1. The third-order valence-electron chi connectivity index (χ3n) is 4.05. The molecule has 1 aromatic carbocycles. The van der Waals surface area contributed by atoms with Gasteiger partial charge in [-0.1, -0.05) is 25.1 Å². The molecule has 4 nitrogen and oxygen atoms in total. The van der Waals surface area contributed by atoms with Crippen LogP contribution in [-0.2, 0) is 16.0 Å². The Morgan fingerprint density at radius 3 is 2.81 bits per heavy atom. The number of carboxylic acid groups (broad SMARTS) is 1. The summed E-state index contributed by atoms with van der Waals surface area (Å²) in [5.74, 6) is -1.65. The highest BCUT2D eigenvalue weighted by molar-refractivity contribution is 5.85. The summed E-state index contributed by atoms with van der Waals surface area (Å²) in [6.45, 7) is 2.28. The van der Waals surface area contributed by atoms with Crippen LogP contribution in [0.15, 0.2) is 24.3 Å². The van der Waals surface area contributed by atoms with E-state index in [-0.39, 0.29) is 17.6 Å². The second-order valence-electron chi connectivity index (χ2n) is 5.56. The van der Waals surface area contributed by atoms with Crippen LogP contribution in [0.2, 0.25) is 0 Å². The Bertz CT molecular complexity index is 532. The normalized spacial score (nSPS) is 19.5. The number of carboxylic acids is 1. The number of carbonyl (C=O) groups excluding carboxylic acids is 1. The van der Waals surface area contributed by atoms with Crippen molar-refractivity contribution in [1.29, 1.82) is 0 Å². The number of hydrogen-bond donors (Lipinski definition) is 1. The number of aryl methyl sites for hydroxylation is 1. The van der Waals surface area contributed by atoms with Crippen LogP contribution in [0, 0.1) is 11.7 Å². The number of benzene rings is 1. The highest BCUT2D eigenvalue weighted by atomic mass is 19.1. The first-order chi connectivity index (χ1) is 10.0. The minimum absolute atomic E-state index is 0.142. The minimum Gasteiger partial charge on any atom is -0.480 e. The molecular weight excluding hydrogens is 273 g/mol. The Morgan fingerprint density at radius 1 is 1.43 bits per heavy atom. The van der Waals surface area contributed by atoms with E-state index in [9.17, 15) is 14.0 Å². The lowest BCUT2D eigenvalue weighted by Crippen LogP contribution is -2.43. The number of carbonyl (C=O) groups is 2. The van der Waals surface area contributed by atoms with Crippen LogP contribution in [0.1, 0.15) is 31.7 Å². The van der Waals surface area contributed by atoms with Gasteiger partial charge in [0.05, 0.1) is 0 Å². The molecular formula is C16H20FNO3. The van der Waals surface area contributed by atoms with Crippen molar-refractivity contribution in [3.05, 3.63) is 35.6 Å². The second-order valence-corrected chi connectivity index (χ2v) is 5.56. The summed E-state index contributed by atoms with van der Waals surface area (Å²) in [5, 5.41) is 9.12. The summed E-state index contributed by atoms with van der Waals surface area (Å²) in [5.41, 5.74) is 0.591. The molecule has 1 aliphatic rings. The Morgan fingerprint density at radius 2 is 2.14 bits per heavy atom. The summed E-state index contributed by atoms with van der Waals surface area (Å²) >= 11 is 0. The van der Waals surface area contributed by atoms with Crippen LogP contribution in [0.5, 0.6) is 0 Å². The van der Waals surface area contributed by atoms with Crippen LogP contribution in [0.3, 0.4) is 0 Å². The fraction of sp³-hybridized carbons (Fsp3) is 0.500. The van der Waals surface area contributed by atoms with Gasteiger partial charge in [-0.15, -0.1) is 0 Å². The lowest BCUT2D eigenvalue weighted by molar-refractivity contribution is -0.149. The summed E-state index contributed by atoms with van der Waals surface area (Å²) in [6, 6.07) is 5.82. The predicted molar refractivity (Wildman–Crippen MR) is 76.3 cm³/mol. The van der Waals surface area contributed by atoms with Crippen LogP contribution in [0.25, 0.3) is 0 Å². The van der Waals surface area contributed by atoms with E-state index in [1.54, 1.807) is 25.1 Å². The van der Waals surface area contributed by atoms with Crippen molar-refractivity contribution in [2.45, 2.75) is 38.6 Å². The predicted octanol–water partition coefficient (Wildman–Crippen LogP) is 2.47. The largest absolute Gasteiger partial charge is 0.480 e. The monoisotopic (exact) mass is 293 g/mol. The van der Waals surface area contributed by atoms with E-state index in [4.69, 9.17) is 5.11 Å². The van der Waals surface area contributed by atoms with Gasteiger partial charge in [-0.3, -0.25) is 4.79 Å². The molecule has 0 aliphatic carbocycles. The fourth-order valence-corrected chi connectivity index (χ4v) is 2.77. The second kappa shape index (κ2) is 6.70. The SMILES string of the molecule is C[C@H](CCc1ccccc1F)C(=O)N1CCC[C@H]1C(=O)O. The van der Waals surface area contributed by atoms with Gasteiger partial charge in [0.1, 0.15) is 11.9 Å². The maximum absolute atomic E-state index is 13.5. The van der Waals surface area contributed by atoms with E-state index in [0.717, 1.165) is 6.42 Å². The fourth-order valence-electron chi connectivity index (χ4n) is 2.77. The first kappa shape index (κ1) is 15.5. The highest BCUT2D eigenvalue weighted by Crippen LogP contribution is 2.22. The molecule has 0 unspecified atom stereocenters. The number of amides is 1. The zero-order valence-corrected chi connectivity index (χ0v) is 12.1. The minimum atomic E-state index is -0.942. The van der Waals surface area contributed by atoms with Gasteiger partial charge >= 0.3 is 5.97 Å². The molecule has 0 radical (unpaired) electrons. The van der Waals surface area contributed by atoms with Crippen molar-refractivity contribution in [2.75, 3.05) is 6.54 Å². The first-order valence-corrected chi connectivity index (χ1v) is 7.27. The third-order valence-corrected chi connectivity index (χ3v) is 4.05. The lowest BCUT2D eigenvalue weighted by Gasteiger charge is -2.25. The van der Waals surface area contributed by atoms with E-state index < -0.39 is 12.0 Å². The topological polar surface area (TPSA) is 57.6 Å². The average Bonchev–Trinajstić information content (AvgIpc) is 2.95. The van der Waals surface area contributed by atoms with Crippen LogP contribution in [-0.4, -0.2) is 34.5 Å². The maximum Gasteiger partial charge on any atom is 0.326 e. The molecule has 21 heavy (non-hydrogen) atoms. The quantitative estimate of drug-likeness (QED) is 0.907. The molecule has 0 aromatic heterocycles. The molecule has 1 heterocycles. The lowest BCUT2D eigenvalue weighted by atomic mass is 9.99. The standard InChI is InChI=1S/C16H20FNO3/c1-11(8-9-12-5-2-3-6-13(12)17)15(19)18-10-4-7-14(18)16(20)21/h2-3,5-6,11,14H,4,7-10H2,1H3,(H,20,21)/t11-,14+/m1/s1. The molecule has 1 amide bonds. The molecule has 1 N–H and O–H groups in total. The maximum atomic E-state index is 13.5. The molecule has 1 fully saturated rings. The number of likely N-dealkylation sites (tertiary alicyclic amines) is 1. The summed E-state index contributed by atoms with van der Waals surface area (Å²) < 4.78 is 13.5. The average molecular weight is 293 g/mol. The summed E-state index contributed by atoms with van der Waals surface area (Å²) in [4.78, 5) is 24.9. The van der Waals surface area contributed by atoms with E-state index >= 15 is 0 Å². The molecule has 0 bridgehead atoms. The number of nitrogens with zero attached hydrogens (tertiary/aromatic N) is 1. The zero-order chi connectivity index (χ0) is 15.4. The Balaban J connectivity index is 1.94. The van der Waals surface area contributed by atoms with Crippen molar-refractivity contribution in [2.24, 2.45) is 5.92 Å². The smallest absolute Gasteiger partial charge is 0.326 e. The van der Waals surface area contributed by atoms with Crippen molar-refractivity contribution in [3.63, 3.8) is 0 Å². The third kappa shape index (κ3) is 3.60. The number of aliphatic carboxylic acids is 1. The Labute approximate surface area is 123 Å². The first-order valence-electron chi connectivity index (χ1n) is 7.27. The van der Waals surface area contributed by atoms with Gasteiger partial charge in [-0.25, -0.2) is 9.18 Å². The van der Waals surface area contributed by atoms with Gasteiger partial charge < -0.3 is 10.0 Å². The molecule has 114 valence electrons. The number of rotatable bonds is 5. The van der Waals surface area contributed by atoms with Gasteiger partial charge in [0.15, 0.2) is 0 Å². The Kier molecular flexibility index (Phi) is 4.94. The van der Waals surface area contributed by atoms with Crippen molar-refractivity contribution < 1.29 is 19.1 Å². The molecule has 2 atom stereocenters. The number of halogens is 1. The van der Waals surface area contributed by atoms with Crippen molar-refractivity contribution in [1.82, 2.24) is 4.90 Å². The van der Waals surface area contributed by atoms with E-state index in [1.807, 2.05) is 0 Å². The summed E-state index contributed by atoms with van der Waals surface area (Å²) in [7, 11) is 0. The van der Waals surface area contributed by atoms with Crippen LogP contribution < -0.4 is 0 Å². The van der Waals surface area contributed by atoms with Gasteiger partial charge in [-0.2, -0.15) is 0 Å².